The summed E-state index contributed by atoms with van der Waals surface area (Å²) in [5.41, 5.74) is 1.37. The van der Waals surface area contributed by atoms with Crippen LogP contribution in [0.15, 0.2) is 12.2 Å². The topological polar surface area (TPSA) is 12.0 Å². The lowest BCUT2D eigenvalue weighted by molar-refractivity contribution is 0.413. The van der Waals surface area contributed by atoms with E-state index in [4.69, 9.17) is 0 Å². The van der Waals surface area contributed by atoms with Gasteiger partial charge in [-0.15, -0.1) is 0 Å². The monoisotopic (exact) mass is 197 g/mol. The third-order valence-corrected chi connectivity index (χ3v) is 2.47. The summed E-state index contributed by atoms with van der Waals surface area (Å²) in [6, 6.07) is 0.641. The van der Waals surface area contributed by atoms with Gasteiger partial charge in [-0.05, 0) is 38.1 Å². The van der Waals surface area contributed by atoms with Crippen LogP contribution in [0, 0.1) is 5.92 Å². The molecular weight excluding hydrogens is 170 g/mol. The molecule has 84 valence electrons. The quantitative estimate of drug-likeness (QED) is 0.584. The molecule has 1 unspecified atom stereocenters. The van der Waals surface area contributed by atoms with Crippen LogP contribution in [0.2, 0.25) is 0 Å². The van der Waals surface area contributed by atoms with Crippen LogP contribution in [0.25, 0.3) is 0 Å². The van der Waals surface area contributed by atoms with Crippen molar-refractivity contribution in [3.63, 3.8) is 0 Å². The Kier molecular flexibility index (Phi) is 7.87. The summed E-state index contributed by atoms with van der Waals surface area (Å²) >= 11 is 0. The van der Waals surface area contributed by atoms with Crippen LogP contribution >= 0.6 is 0 Å². The molecular formula is C13H27N. The molecule has 1 nitrogen and oxygen atoms in total. The Bertz CT molecular complexity index is 149. The summed E-state index contributed by atoms with van der Waals surface area (Å²) < 4.78 is 0. The van der Waals surface area contributed by atoms with Crippen molar-refractivity contribution >= 4 is 0 Å². The van der Waals surface area contributed by atoms with Crippen LogP contribution in [0.3, 0.4) is 0 Å². The van der Waals surface area contributed by atoms with Crippen LogP contribution in [0.4, 0.5) is 0 Å². The molecule has 0 aliphatic heterocycles. The van der Waals surface area contributed by atoms with Crippen LogP contribution in [0.1, 0.15) is 53.4 Å². The van der Waals surface area contributed by atoms with Gasteiger partial charge in [0.25, 0.3) is 0 Å². The van der Waals surface area contributed by atoms with Crippen LogP contribution in [-0.4, -0.2) is 12.6 Å². The molecule has 0 aromatic carbocycles. The van der Waals surface area contributed by atoms with Gasteiger partial charge in [-0.2, -0.15) is 0 Å². The summed E-state index contributed by atoms with van der Waals surface area (Å²) in [5, 5.41) is 3.61. The molecule has 0 heterocycles. The molecule has 1 heteroatoms. The van der Waals surface area contributed by atoms with Gasteiger partial charge in [-0.25, -0.2) is 0 Å². The zero-order valence-corrected chi connectivity index (χ0v) is 10.4. The van der Waals surface area contributed by atoms with Crippen LogP contribution in [0.5, 0.6) is 0 Å². The molecule has 0 spiro atoms. The van der Waals surface area contributed by atoms with Crippen LogP contribution < -0.4 is 5.32 Å². The molecule has 0 saturated heterocycles. The van der Waals surface area contributed by atoms with Crippen molar-refractivity contribution < 1.29 is 0 Å². The maximum Gasteiger partial charge on any atom is 0.0107 e. The first-order valence-electron chi connectivity index (χ1n) is 6.00. The molecule has 0 radical (unpaired) electrons. The third-order valence-electron chi connectivity index (χ3n) is 2.47. The molecule has 0 rings (SSSR count). The average Bonchev–Trinajstić information content (AvgIpc) is 2.13. The third kappa shape index (κ3) is 7.14. The molecule has 0 saturated carbocycles. The van der Waals surface area contributed by atoms with E-state index in [1.54, 1.807) is 0 Å². The lowest BCUT2D eigenvalue weighted by atomic mass is 9.97. The van der Waals surface area contributed by atoms with E-state index in [1.807, 2.05) is 0 Å². The van der Waals surface area contributed by atoms with E-state index in [9.17, 15) is 0 Å². The molecule has 0 aromatic heterocycles. The summed E-state index contributed by atoms with van der Waals surface area (Å²) in [6.07, 6.45) is 4.74. The first-order valence-corrected chi connectivity index (χ1v) is 6.00. The molecule has 0 fully saturated rings. The fourth-order valence-electron chi connectivity index (χ4n) is 1.65. The fourth-order valence-corrected chi connectivity index (χ4v) is 1.65. The van der Waals surface area contributed by atoms with Crippen molar-refractivity contribution in [1.82, 2.24) is 5.32 Å². The van der Waals surface area contributed by atoms with Gasteiger partial charge in [0.05, 0.1) is 0 Å². The lowest BCUT2D eigenvalue weighted by Gasteiger charge is -2.21. The molecule has 0 bridgehead atoms. The van der Waals surface area contributed by atoms with E-state index in [2.05, 4.69) is 39.6 Å². The Hall–Kier alpha value is -0.300. The maximum atomic E-state index is 4.09. The molecule has 0 aromatic rings. The van der Waals surface area contributed by atoms with Gasteiger partial charge < -0.3 is 5.32 Å². The first-order chi connectivity index (χ1) is 6.60. The van der Waals surface area contributed by atoms with Gasteiger partial charge in [0.1, 0.15) is 0 Å². The largest absolute Gasteiger partial charge is 0.314 e. The summed E-state index contributed by atoms with van der Waals surface area (Å²) in [7, 11) is 0. The predicted octanol–water partition coefficient (Wildman–Crippen LogP) is 3.76. The van der Waals surface area contributed by atoms with E-state index in [-0.39, 0.29) is 0 Å². The zero-order valence-electron chi connectivity index (χ0n) is 10.4. The molecule has 1 atom stereocenters. The average molecular weight is 197 g/mol. The number of hydrogen-bond donors (Lipinski definition) is 1. The Morgan fingerprint density at radius 3 is 2.36 bits per heavy atom. The van der Waals surface area contributed by atoms with Crippen molar-refractivity contribution in [2.24, 2.45) is 5.92 Å². The maximum absolute atomic E-state index is 4.09. The van der Waals surface area contributed by atoms with Gasteiger partial charge in [0.15, 0.2) is 0 Å². The molecule has 14 heavy (non-hydrogen) atoms. The highest BCUT2D eigenvalue weighted by molar-refractivity contribution is 4.96. The Labute approximate surface area is 90.0 Å². The fraction of sp³-hybridized carbons (Fsp3) is 0.846. The number of nitrogens with one attached hydrogen (secondary N) is 1. The molecule has 0 aliphatic carbocycles. The van der Waals surface area contributed by atoms with E-state index in [0.717, 1.165) is 25.3 Å². The highest BCUT2D eigenvalue weighted by atomic mass is 14.9. The normalized spacial score (nSPS) is 13.2. The summed E-state index contributed by atoms with van der Waals surface area (Å²) in [5.74, 6) is 0.772. The standard InChI is InChI=1S/C13H27N/c1-6-8-14-13(9-11(3)4)10-12(5)7-2/h11,13-14H,5-10H2,1-4H3. The van der Waals surface area contributed by atoms with E-state index in [1.165, 1.54) is 18.4 Å². The van der Waals surface area contributed by atoms with E-state index in [0.29, 0.717) is 6.04 Å². The second-order valence-electron chi connectivity index (χ2n) is 4.59. The Balaban J connectivity index is 3.89. The van der Waals surface area contributed by atoms with Gasteiger partial charge in [0.2, 0.25) is 0 Å². The highest BCUT2D eigenvalue weighted by Crippen LogP contribution is 2.14. The zero-order chi connectivity index (χ0) is 11.0. The van der Waals surface area contributed by atoms with Gasteiger partial charge in [-0.1, -0.05) is 39.8 Å². The number of hydrogen-bond acceptors (Lipinski definition) is 1. The van der Waals surface area contributed by atoms with Crippen molar-refractivity contribution in [1.29, 1.82) is 0 Å². The molecule has 0 amide bonds. The molecule has 1 N–H and O–H groups in total. The smallest absolute Gasteiger partial charge is 0.0107 e. The second kappa shape index (κ2) is 8.05. The van der Waals surface area contributed by atoms with E-state index < -0.39 is 0 Å². The number of rotatable bonds is 8. The predicted molar refractivity (Wildman–Crippen MR) is 65.6 cm³/mol. The van der Waals surface area contributed by atoms with Crippen molar-refractivity contribution in [3.8, 4) is 0 Å². The highest BCUT2D eigenvalue weighted by Gasteiger charge is 2.10. The van der Waals surface area contributed by atoms with Crippen molar-refractivity contribution in [3.05, 3.63) is 12.2 Å². The molecule has 0 aliphatic rings. The summed E-state index contributed by atoms with van der Waals surface area (Å²) in [4.78, 5) is 0. The first kappa shape index (κ1) is 13.7. The minimum atomic E-state index is 0.641. The Morgan fingerprint density at radius 1 is 1.29 bits per heavy atom. The summed E-state index contributed by atoms with van der Waals surface area (Å²) in [6.45, 7) is 14.2. The second-order valence-corrected chi connectivity index (χ2v) is 4.59. The van der Waals surface area contributed by atoms with Gasteiger partial charge in [-0.3, -0.25) is 0 Å². The van der Waals surface area contributed by atoms with E-state index >= 15 is 0 Å². The minimum Gasteiger partial charge on any atom is -0.314 e. The Morgan fingerprint density at radius 2 is 1.93 bits per heavy atom. The van der Waals surface area contributed by atoms with Gasteiger partial charge in [0, 0.05) is 6.04 Å². The SMILES string of the molecule is C=C(CC)CC(CC(C)C)NCCC. The van der Waals surface area contributed by atoms with Gasteiger partial charge >= 0.3 is 0 Å². The lowest BCUT2D eigenvalue weighted by Crippen LogP contribution is -2.31. The van der Waals surface area contributed by atoms with Crippen LogP contribution in [-0.2, 0) is 0 Å². The minimum absolute atomic E-state index is 0.641. The van der Waals surface area contributed by atoms with Crippen molar-refractivity contribution in [2.45, 2.75) is 59.4 Å². The van der Waals surface area contributed by atoms with Crippen molar-refractivity contribution in [2.75, 3.05) is 6.54 Å².